The van der Waals surface area contributed by atoms with E-state index in [1.165, 1.54) is 24.3 Å². The molecule has 2 aromatic carbocycles. The molecule has 0 spiro atoms. The molecule has 9 nitrogen and oxygen atoms in total. The monoisotopic (exact) mass is 697 g/mol. The normalized spacial score (nSPS) is 25.8. The van der Waals surface area contributed by atoms with Crippen LogP contribution in [0.15, 0.2) is 30.5 Å². The summed E-state index contributed by atoms with van der Waals surface area (Å²) in [6.07, 6.45) is 18.5. The van der Waals surface area contributed by atoms with Gasteiger partial charge in [0.25, 0.3) is 0 Å². The minimum absolute atomic E-state index is 0.0244. The minimum Gasteiger partial charge on any atom is -0.508 e. The molecule has 4 aromatic rings. The number of terminal acetylenes is 1. The number of hydrogen-bond acceptors (Lipinski definition) is 9. The van der Waals surface area contributed by atoms with Crippen molar-refractivity contribution in [2.75, 3.05) is 51.5 Å². The van der Waals surface area contributed by atoms with Crippen molar-refractivity contribution in [1.29, 1.82) is 0 Å². The Morgan fingerprint density at radius 3 is 2.69 bits per heavy atom. The smallest absolute Gasteiger partial charge is 0.319 e. The van der Waals surface area contributed by atoms with Crippen molar-refractivity contribution < 1.29 is 28.1 Å². The molecular formula is C40H45F2N5O4. The first kappa shape index (κ1) is 34.0. The lowest BCUT2D eigenvalue weighted by Crippen LogP contribution is -2.56. The Bertz CT molecular complexity index is 1970. The van der Waals surface area contributed by atoms with Gasteiger partial charge in [0.05, 0.1) is 30.3 Å². The van der Waals surface area contributed by atoms with Gasteiger partial charge in [-0.25, -0.2) is 8.78 Å². The van der Waals surface area contributed by atoms with Crippen molar-refractivity contribution in [3.05, 3.63) is 47.7 Å². The summed E-state index contributed by atoms with van der Waals surface area (Å²) in [5.74, 6) is 1.48. The number of halogens is 2. The van der Waals surface area contributed by atoms with Gasteiger partial charge in [-0.15, -0.1) is 6.42 Å². The zero-order chi connectivity index (χ0) is 35.1. The lowest BCUT2D eigenvalue weighted by Gasteiger charge is -2.50. The summed E-state index contributed by atoms with van der Waals surface area (Å²) in [5.41, 5.74) is 0.0713. The second-order valence-electron chi connectivity index (χ2n) is 14.7. The van der Waals surface area contributed by atoms with Gasteiger partial charge >= 0.3 is 6.01 Å². The fraction of sp³-hybridized carbons (Fsp3) is 0.525. The number of phenols is 1. The van der Waals surface area contributed by atoms with Crippen molar-refractivity contribution in [1.82, 2.24) is 19.9 Å². The van der Waals surface area contributed by atoms with Crippen molar-refractivity contribution >= 4 is 27.5 Å². The maximum Gasteiger partial charge on any atom is 0.319 e. The highest BCUT2D eigenvalue weighted by Crippen LogP contribution is 2.50. The van der Waals surface area contributed by atoms with Crippen LogP contribution in [0.3, 0.4) is 0 Å². The molecule has 2 aromatic heterocycles. The Morgan fingerprint density at radius 2 is 1.86 bits per heavy atom. The maximum atomic E-state index is 17.0. The molecule has 0 unspecified atom stereocenters. The minimum atomic E-state index is -0.724. The quantitative estimate of drug-likeness (QED) is 0.205. The molecule has 0 radical (unpaired) electrons. The van der Waals surface area contributed by atoms with Gasteiger partial charge in [-0.05, 0) is 87.9 Å². The van der Waals surface area contributed by atoms with E-state index in [4.69, 9.17) is 30.6 Å². The highest BCUT2D eigenvalue weighted by atomic mass is 19.1. The first-order valence-corrected chi connectivity index (χ1v) is 18.4. The van der Waals surface area contributed by atoms with E-state index in [9.17, 15) is 9.50 Å². The molecule has 2 atom stereocenters. The predicted octanol–water partition coefficient (Wildman–Crippen LogP) is 7.01. The van der Waals surface area contributed by atoms with Gasteiger partial charge in [0, 0.05) is 61.5 Å². The average molecular weight is 698 g/mol. The Hall–Kier alpha value is -4.11. The van der Waals surface area contributed by atoms with Crippen LogP contribution in [-0.4, -0.2) is 89.7 Å². The van der Waals surface area contributed by atoms with Crippen LogP contribution in [0.5, 0.6) is 11.8 Å². The zero-order valence-electron chi connectivity index (χ0n) is 29.2. The summed E-state index contributed by atoms with van der Waals surface area (Å²) >= 11 is 0. The number of likely N-dealkylation sites (tertiary alicyclic amines) is 1. The molecule has 8 rings (SSSR count). The standard InChI is InChI=1S/C40H45F2N5O4/c1-3-29-32(41)13-8-25-21-27(48)22-30(34(25)29)36-35(42)37-31(23-43-36)38(46-16-6-19-50-20-18-46)45-39(44-37)51-24-40-14-4-7-33(40)47(17-5-15-40)26-9-11-28(49-2)12-10-26/h1,8,13,21-23,26,28,33,48H,4-7,9-12,14-20,24H2,2H3/t26?,28?,33-,40-/m1/s1. The van der Waals surface area contributed by atoms with Gasteiger partial charge in [0.1, 0.15) is 28.6 Å². The van der Waals surface area contributed by atoms with E-state index in [0.717, 1.165) is 70.8 Å². The van der Waals surface area contributed by atoms with E-state index in [2.05, 4.69) is 20.7 Å². The second kappa shape index (κ2) is 14.1. The number of benzene rings is 2. The first-order chi connectivity index (χ1) is 24.9. The van der Waals surface area contributed by atoms with Crippen LogP contribution < -0.4 is 9.64 Å². The van der Waals surface area contributed by atoms with Gasteiger partial charge in [-0.3, -0.25) is 9.88 Å². The van der Waals surface area contributed by atoms with Gasteiger partial charge < -0.3 is 24.2 Å². The summed E-state index contributed by atoms with van der Waals surface area (Å²) in [7, 11) is 1.82. The van der Waals surface area contributed by atoms with Crippen LogP contribution in [0.4, 0.5) is 14.6 Å². The van der Waals surface area contributed by atoms with E-state index < -0.39 is 11.6 Å². The van der Waals surface area contributed by atoms with E-state index in [1.807, 2.05) is 7.11 Å². The molecule has 268 valence electrons. The van der Waals surface area contributed by atoms with Crippen molar-refractivity contribution in [3.63, 3.8) is 0 Å². The number of ether oxygens (including phenoxy) is 3. The molecule has 4 heterocycles. The van der Waals surface area contributed by atoms with E-state index in [-0.39, 0.29) is 39.5 Å². The number of hydrogen-bond donors (Lipinski definition) is 1. The number of nitrogens with zero attached hydrogens (tertiary/aromatic N) is 5. The number of aromatic nitrogens is 3. The first-order valence-electron chi connectivity index (χ1n) is 18.4. The lowest BCUT2D eigenvalue weighted by molar-refractivity contribution is -0.0429. The van der Waals surface area contributed by atoms with E-state index in [1.54, 1.807) is 6.20 Å². The van der Waals surface area contributed by atoms with Gasteiger partial charge in [-0.2, -0.15) is 9.97 Å². The van der Waals surface area contributed by atoms with Gasteiger partial charge in [0.2, 0.25) is 0 Å². The Labute approximate surface area is 297 Å². The lowest BCUT2D eigenvalue weighted by atomic mass is 9.74. The third kappa shape index (κ3) is 6.25. The molecule has 0 bridgehead atoms. The van der Waals surface area contributed by atoms with Gasteiger partial charge in [0.15, 0.2) is 5.82 Å². The number of fused-ring (bicyclic) bond motifs is 3. The largest absolute Gasteiger partial charge is 0.508 e. The summed E-state index contributed by atoms with van der Waals surface area (Å²) < 4.78 is 49.9. The molecule has 2 aliphatic carbocycles. The zero-order valence-corrected chi connectivity index (χ0v) is 29.2. The fourth-order valence-corrected chi connectivity index (χ4v) is 9.42. The number of anilines is 1. The maximum absolute atomic E-state index is 17.0. The van der Waals surface area contributed by atoms with Crippen LogP contribution >= 0.6 is 0 Å². The number of piperidine rings is 1. The molecule has 11 heteroatoms. The third-order valence-electron chi connectivity index (χ3n) is 11.9. The van der Waals surface area contributed by atoms with Crippen molar-refractivity contribution in [2.24, 2.45) is 5.41 Å². The molecule has 2 aliphatic heterocycles. The molecule has 51 heavy (non-hydrogen) atoms. The molecule has 0 amide bonds. The summed E-state index contributed by atoms with van der Waals surface area (Å²) in [4.78, 5) is 19.0. The highest BCUT2D eigenvalue weighted by molar-refractivity contribution is 6.03. The van der Waals surface area contributed by atoms with Crippen LogP contribution in [0.25, 0.3) is 32.9 Å². The number of phenolic OH excluding ortho intramolecular Hbond substituents is 1. The topological polar surface area (TPSA) is 93.1 Å². The SMILES string of the molecule is C#Cc1c(F)ccc2cc(O)cc(-c3ncc4c(N5CCCOCC5)nc(OC[C@]56CCC[C@H]5N(C5CCC(OC)CC5)CCC6)nc4c3F)c12. The Kier molecular flexibility index (Phi) is 9.42. The van der Waals surface area contributed by atoms with Crippen LogP contribution in [0.1, 0.15) is 69.8 Å². The number of aromatic hydroxyl groups is 1. The summed E-state index contributed by atoms with van der Waals surface area (Å²) in [6.45, 7) is 3.95. The molecule has 1 N–H and O–H groups in total. The fourth-order valence-electron chi connectivity index (χ4n) is 9.42. The number of pyridine rings is 1. The molecule has 2 saturated carbocycles. The molecular weight excluding hydrogens is 652 g/mol. The summed E-state index contributed by atoms with van der Waals surface area (Å²) in [6, 6.07) is 6.69. The van der Waals surface area contributed by atoms with Crippen molar-refractivity contribution in [2.45, 2.75) is 82.4 Å². The molecule has 2 saturated heterocycles. The molecule has 4 fully saturated rings. The second-order valence-corrected chi connectivity index (χ2v) is 14.7. The highest BCUT2D eigenvalue weighted by Gasteiger charge is 2.50. The molecule has 4 aliphatic rings. The van der Waals surface area contributed by atoms with E-state index in [0.29, 0.717) is 73.1 Å². The van der Waals surface area contributed by atoms with Crippen LogP contribution in [0.2, 0.25) is 0 Å². The Morgan fingerprint density at radius 1 is 1.02 bits per heavy atom. The predicted molar refractivity (Wildman–Crippen MR) is 192 cm³/mol. The van der Waals surface area contributed by atoms with Crippen molar-refractivity contribution in [3.8, 4) is 35.4 Å². The van der Waals surface area contributed by atoms with E-state index >= 15 is 4.39 Å². The third-order valence-corrected chi connectivity index (χ3v) is 11.9. The Balaban J connectivity index is 1.18. The van der Waals surface area contributed by atoms with Crippen LogP contribution in [-0.2, 0) is 9.47 Å². The summed E-state index contributed by atoms with van der Waals surface area (Å²) in [5, 5.41) is 11.8. The van der Waals surface area contributed by atoms with Crippen LogP contribution in [0, 0.1) is 29.4 Å². The number of methoxy groups -OCH3 is 1. The average Bonchev–Trinajstić information content (AvgIpc) is 3.40. The number of rotatable bonds is 7. The van der Waals surface area contributed by atoms with Gasteiger partial charge in [-0.1, -0.05) is 18.4 Å².